The Bertz CT molecular complexity index is 645. The second kappa shape index (κ2) is 6.08. The molecule has 0 bridgehead atoms. The number of methoxy groups -OCH3 is 1. The zero-order chi connectivity index (χ0) is 16.3. The predicted molar refractivity (Wildman–Crippen MR) is 78.5 cm³/mol. The minimum atomic E-state index is -0.795. The first kappa shape index (κ1) is 15.9. The van der Waals surface area contributed by atoms with Gasteiger partial charge in [0.05, 0.1) is 18.6 Å². The normalized spacial score (nSPS) is 23.8. The van der Waals surface area contributed by atoms with Crippen molar-refractivity contribution in [1.82, 2.24) is 0 Å². The Balaban J connectivity index is 2.42. The molecular weight excluding hydrogens is 284 g/mol. The van der Waals surface area contributed by atoms with E-state index in [1.165, 1.54) is 7.11 Å². The molecule has 2 rings (SSSR count). The summed E-state index contributed by atoms with van der Waals surface area (Å²) in [4.78, 5) is 11.5. The molecule has 0 spiro atoms. The summed E-state index contributed by atoms with van der Waals surface area (Å²) in [6.07, 6.45) is 0.336. The van der Waals surface area contributed by atoms with Crippen LogP contribution < -0.4 is 5.73 Å². The fourth-order valence-corrected chi connectivity index (χ4v) is 2.80. The topological polar surface area (TPSA) is 106 Å². The molecule has 1 aromatic carbocycles. The van der Waals surface area contributed by atoms with Crippen LogP contribution >= 0.6 is 0 Å². The number of hydrogen-bond donors (Lipinski definition) is 2. The number of aliphatic hydroxyl groups excluding tert-OH is 1. The predicted octanol–water partition coefficient (Wildman–Crippen LogP) is 1.42. The molecule has 116 valence electrons. The third-order valence-corrected chi connectivity index (χ3v) is 3.90. The van der Waals surface area contributed by atoms with E-state index in [1.807, 2.05) is 0 Å². The van der Waals surface area contributed by atoms with E-state index < -0.39 is 17.5 Å². The number of esters is 1. The van der Waals surface area contributed by atoms with Gasteiger partial charge >= 0.3 is 5.97 Å². The lowest BCUT2D eigenvalue weighted by atomic mass is 9.78. The van der Waals surface area contributed by atoms with Crippen molar-refractivity contribution in [3.63, 3.8) is 0 Å². The lowest BCUT2D eigenvalue weighted by molar-refractivity contribution is 0.00766. The highest BCUT2D eigenvalue weighted by atomic mass is 16.5. The van der Waals surface area contributed by atoms with Crippen molar-refractivity contribution in [2.75, 3.05) is 13.7 Å². The van der Waals surface area contributed by atoms with E-state index in [9.17, 15) is 15.2 Å². The summed E-state index contributed by atoms with van der Waals surface area (Å²) in [6, 6.07) is 8.82. The highest BCUT2D eigenvalue weighted by Crippen LogP contribution is 2.46. The van der Waals surface area contributed by atoms with Crippen molar-refractivity contribution in [2.45, 2.75) is 24.9 Å². The minimum absolute atomic E-state index is 0.0838. The first-order valence-electron chi connectivity index (χ1n) is 6.84. The van der Waals surface area contributed by atoms with Crippen LogP contribution in [0, 0.1) is 11.3 Å². The van der Waals surface area contributed by atoms with Gasteiger partial charge in [-0.2, -0.15) is 5.26 Å². The van der Waals surface area contributed by atoms with Gasteiger partial charge in [-0.3, -0.25) is 0 Å². The Hall–Kier alpha value is -2.52. The van der Waals surface area contributed by atoms with E-state index in [2.05, 4.69) is 10.8 Å². The highest BCUT2D eigenvalue weighted by Gasteiger charge is 2.46. The molecule has 0 radical (unpaired) electrons. The molecule has 0 fully saturated rings. The monoisotopic (exact) mass is 302 g/mol. The number of aliphatic hydroxyl groups is 1. The zero-order valence-corrected chi connectivity index (χ0v) is 12.5. The number of nitrogens with two attached hydrogens (primary N) is 1. The van der Waals surface area contributed by atoms with Gasteiger partial charge in [-0.05, 0) is 24.6 Å². The molecule has 0 amide bonds. The van der Waals surface area contributed by atoms with Crippen LogP contribution in [0.2, 0.25) is 0 Å². The average Bonchev–Trinajstić information content (AvgIpc) is 2.76. The van der Waals surface area contributed by atoms with Crippen LogP contribution in [0.5, 0.6) is 0 Å². The van der Waals surface area contributed by atoms with Gasteiger partial charge in [0.25, 0.3) is 0 Å². The first-order valence-corrected chi connectivity index (χ1v) is 6.84. The van der Waals surface area contributed by atoms with Crippen LogP contribution in [-0.2, 0) is 9.47 Å². The fraction of sp³-hybridized carbons (Fsp3) is 0.375. The van der Waals surface area contributed by atoms with Crippen LogP contribution in [0.25, 0.3) is 0 Å². The molecule has 6 nitrogen and oxygen atoms in total. The molecule has 0 aromatic heterocycles. The number of benzene rings is 1. The molecule has 1 aliphatic heterocycles. The summed E-state index contributed by atoms with van der Waals surface area (Å²) in [6.45, 7) is 1.72. The summed E-state index contributed by atoms with van der Waals surface area (Å²) < 4.78 is 10.3. The van der Waals surface area contributed by atoms with E-state index in [0.717, 1.165) is 5.56 Å². The highest BCUT2D eigenvalue weighted by molar-refractivity contribution is 5.89. The van der Waals surface area contributed by atoms with Gasteiger partial charge in [0.1, 0.15) is 17.2 Å². The van der Waals surface area contributed by atoms with Gasteiger partial charge in [-0.15, -0.1) is 0 Å². The molecule has 0 saturated heterocycles. The lowest BCUT2D eigenvalue weighted by Crippen LogP contribution is -2.33. The van der Waals surface area contributed by atoms with E-state index in [1.54, 1.807) is 31.2 Å². The maximum Gasteiger partial charge on any atom is 0.337 e. The minimum Gasteiger partial charge on any atom is -0.471 e. The van der Waals surface area contributed by atoms with Crippen molar-refractivity contribution in [2.24, 2.45) is 5.73 Å². The Kier molecular flexibility index (Phi) is 4.38. The zero-order valence-electron chi connectivity index (χ0n) is 12.5. The second-order valence-corrected chi connectivity index (χ2v) is 5.32. The van der Waals surface area contributed by atoms with Gasteiger partial charge in [-0.25, -0.2) is 4.79 Å². The summed E-state index contributed by atoms with van der Waals surface area (Å²) in [5, 5.41) is 18.6. The van der Waals surface area contributed by atoms with E-state index in [4.69, 9.17) is 10.5 Å². The maximum atomic E-state index is 11.5. The lowest BCUT2D eigenvalue weighted by Gasteiger charge is -2.31. The molecule has 1 aromatic rings. The summed E-state index contributed by atoms with van der Waals surface area (Å²) in [7, 11) is 1.32. The average molecular weight is 302 g/mol. The van der Waals surface area contributed by atoms with Crippen molar-refractivity contribution in [3.05, 3.63) is 46.8 Å². The van der Waals surface area contributed by atoms with Crippen LogP contribution in [0.3, 0.4) is 0 Å². The van der Waals surface area contributed by atoms with E-state index in [0.29, 0.717) is 17.6 Å². The van der Waals surface area contributed by atoms with Crippen LogP contribution in [0.4, 0.5) is 0 Å². The molecule has 6 heteroatoms. The third-order valence-electron chi connectivity index (χ3n) is 3.90. The molecule has 2 atom stereocenters. The van der Waals surface area contributed by atoms with Crippen molar-refractivity contribution < 1.29 is 19.4 Å². The van der Waals surface area contributed by atoms with Gasteiger partial charge < -0.3 is 20.3 Å². The number of nitrogens with zero attached hydrogens (tertiary/aromatic N) is 1. The molecule has 22 heavy (non-hydrogen) atoms. The Morgan fingerprint density at radius 1 is 1.50 bits per heavy atom. The van der Waals surface area contributed by atoms with E-state index >= 15 is 0 Å². The number of nitriles is 1. The first-order chi connectivity index (χ1) is 10.5. The fourth-order valence-electron chi connectivity index (χ4n) is 2.80. The summed E-state index contributed by atoms with van der Waals surface area (Å²) in [5.41, 5.74) is 6.55. The molecule has 1 aliphatic rings. The van der Waals surface area contributed by atoms with Crippen molar-refractivity contribution in [1.29, 1.82) is 5.26 Å². The molecule has 2 unspecified atom stereocenters. The maximum absolute atomic E-state index is 11.5. The quantitative estimate of drug-likeness (QED) is 0.815. The third kappa shape index (κ3) is 2.63. The van der Waals surface area contributed by atoms with Gasteiger partial charge in [0, 0.05) is 13.0 Å². The Morgan fingerprint density at radius 2 is 2.14 bits per heavy atom. The summed E-state index contributed by atoms with van der Waals surface area (Å²) in [5.74, 6) is -0.736. The van der Waals surface area contributed by atoms with Crippen molar-refractivity contribution in [3.8, 4) is 6.07 Å². The number of rotatable bonds is 4. The molecule has 1 heterocycles. The molecular formula is C16H18N2O4. The SMILES string of the molecule is COC(=O)c1ccc(C2C(C#N)=C(N)OC2(C)CCO)cc1. The van der Waals surface area contributed by atoms with Crippen LogP contribution in [-0.4, -0.2) is 30.4 Å². The molecule has 0 aliphatic carbocycles. The van der Waals surface area contributed by atoms with Crippen LogP contribution in [0.15, 0.2) is 35.7 Å². The molecule has 3 N–H and O–H groups in total. The number of carbonyl (C=O) groups is 1. The van der Waals surface area contributed by atoms with Crippen LogP contribution in [0.1, 0.15) is 35.2 Å². The van der Waals surface area contributed by atoms with Gasteiger partial charge in [0.15, 0.2) is 5.88 Å². The number of ether oxygens (including phenoxy) is 2. The molecule has 0 saturated carbocycles. The van der Waals surface area contributed by atoms with Gasteiger partial charge in [-0.1, -0.05) is 12.1 Å². The Labute approximate surface area is 128 Å². The number of hydrogen-bond acceptors (Lipinski definition) is 6. The van der Waals surface area contributed by atoms with Gasteiger partial charge in [0.2, 0.25) is 0 Å². The largest absolute Gasteiger partial charge is 0.471 e. The van der Waals surface area contributed by atoms with Crippen molar-refractivity contribution >= 4 is 5.97 Å². The Morgan fingerprint density at radius 3 is 2.64 bits per heavy atom. The smallest absolute Gasteiger partial charge is 0.337 e. The summed E-state index contributed by atoms with van der Waals surface area (Å²) >= 11 is 0. The number of carbonyl (C=O) groups excluding carboxylic acids is 1. The standard InChI is InChI=1S/C16H18N2O4/c1-16(7-8-19)13(12(9-17)14(18)22-16)10-3-5-11(6-4-10)15(20)21-2/h3-6,13,19H,7-8,18H2,1-2H3. The second-order valence-electron chi connectivity index (χ2n) is 5.32. The van der Waals surface area contributed by atoms with E-state index in [-0.39, 0.29) is 12.5 Å².